The molecular weight excluding hydrogens is 295 g/mol. The Labute approximate surface area is 138 Å². The first kappa shape index (κ1) is 17.7. The van der Waals surface area contributed by atoms with E-state index in [4.69, 9.17) is 4.74 Å². The topological polar surface area (TPSA) is 41.6 Å². The lowest BCUT2D eigenvalue weighted by molar-refractivity contribution is 0.0196. The molecule has 128 valence electrons. The third-order valence-corrected chi connectivity index (χ3v) is 4.00. The summed E-state index contributed by atoms with van der Waals surface area (Å²) in [5.74, 6) is -0.216. The smallest absolute Gasteiger partial charge is 0.410 e. The number of nitrogens with one attached hydrogen (secondary N) is 1. The Kier molecular flexibility index (Phi) is 5.63. The third kappa shape index (κ3) is 5.50. The van der Waals surface area contributed by atoms with Crippen LogP contribution in [-0.2, 0) is 4.74 Å². The zero-order valence-corrected chi connectivity index (χ0v) is 14.4. The van der Waals surface area contributed by atoms with Gasteiger partial charge in [-0.05, 0) is 58.2 Å². The van der Waals surface area contributed by atoms with Crippen LogP contribution in [0.1, 0.15) is 52.1 Å². The van der Waals surface area contributed by atoms with Gasteiger partial charge in [0.2, 0.25) is 0 Å². The lowest BCUT2D eigenvalue weighted by Crippen LogP contribution is -2.46. The van der Waals surface area contributed by atoms with Crippen molar-refractivity contribution in [1.82, 2.24) is 10.2 Å². The van der Waals surface area contributed by atoms with E-state index in [0.29, 0.717) is 19.1 Å². The van der Waals surface area contributed by atoms with Gasteiger partial charge in [-0.3, -0.25) is 0 Å². The Morgan fingerprint density at radius 2 is 1.83 bits per heavy atom. The summed E-state index contributed by atoms with van der Waals surface area (Å²) in [6.07, 6.45) is 1.55. The van der Waals surface area contributed by atoms with Crippen LogP contribution in [0.2, 0.25) is 0 Å². The highest BCUT2D eigenvalue weighted by atomic mass is 19.1. The van der Waals surface area contributed by atoms with Crippen molar-refractivity contribution in [3.05, 3.63) is 35.6 Å². The van der Waals surface area contributed by atoms with Gasteiger partial charge in [0.15, 0.2) is 0 Å². The maximum absolute atomic E-state index is 13.0. The highest BCUT2D eigenvalue weighted by molar-refractivity contribution is 5.68. The number of carbonyl (C=O) groups excluding carboxylic acids is 1. The first-order valence-corrected chi connectivity index (χ1v) is 8.24. The van der Waals surface area contributed by atoms with Gasteiger partial charge in [-0.1, -0.05) is 12.1 Å². The SMILES string of the molecule is C[C@@H](NC1CCN(C(=O)OC(C)(C)C)CC1)c1ccc(F)cc1. The molecule has 5 heteroatoms. The van der Waals surface area contributed by atoms with Gasteiger partial charge in [0, 0.05) is 25.2 Å². The summed E-state index contributed by atoms with van der Waals surface area (Å²) in [6.45, 7) is 9.11. The molecule has 4 nitrogen and oxygen atoms in total. The van der Waals surface area contributed by atoms with Gasteiger partial charge < -0.3 is 15.0 Å². The van der Waals surface area contributed by atoms with Crippen molar-refractivity contribution in [2.75, 3.05) is 13.1 Å². The molecule has 1 aromatic rings. The fourth-order valence-electron chi connectivity index (χ4n) is 2.76. The Morgan fingerprint density at radius 3 is 2.35 bits per heavy atom. The van der Waals surface area contributed by atoms with E-state index in [2.05, 4.69) is 12.2 Å². The molecule has 0 aromatic heterocycles. The van der Waals surface area contributed by atoms with Gasteiger partial charge in [-0.15, -0.1) is 0 Å². The van der Waals surface area contributed by atoms with Gasteiger partial charge >= 0.3 is 6.09 Å². The van der Waals surface area contributed by atoms with Crippen molar-refractivity contribution in [1.29, 1.82) is 0 Å². The van der Waals surface area contributed by atoms with E-state index in [9.17, 15) is 9.18 Å². The Hall–Kier alpha value is -1.62. The molecule has 0 spiro atoms. The second-order valence-electron chi connectivity index (χ2n) is 7.18. The van der Waals surface area contributed by atoms with E-state index in [1.807, 2.05) is 32.9 Å². The molecular formula is C18H27FN2O2. The molecule has 1 saturated heterocycles. The minimum Gasteiger partial charge on any atom is -0.444 e. The maximum atomic E-state index is 13.0. The fraction of sp³-hybridized carbons (Fsp3) is 0.611. The van der Waals surface area contributed by atoms with Crippen LogP contribution in [-0.4, -0.2) is 35.7 Å². The summed E-state index contributed by atoms with van der Waals surface area (Å²) < 4.78 is 18.4. The van der Waals surface area contributed by atoms with E-state index in [-0.39, 0.29) is 18.0 Å². The highest BCUT2D eigenvalue weighted by Gasteiger charge is 2.27. The van der Waals surface area contributed by atoms with Crippen LogP contribution in [0.5, 0.6) is 0 Å². The number of ether oxygens (including phenoxy) is 1. The molecule has 1 N–H and O–H groups in total. The minimum absolute atomic E-state index is 0.161. The largest absolute Gasteiger partial charge is 0.444 e. The number of hydrogen-bond donors (Lipinski definition) is 1. The lowest BCUT2D eigenvalue weighted by atomic mass is 10.0. The number of carbonyl (C=O) groups is 1. The van der Waals surface area contributed by atoms with Gasteiger partial charge in [-0.25, -0.2) is 9.18 Å². The summed E-state index contributed by atoms with van der Waals surface area (Å²) in [7, 11) is 0. The van der Waals surface area contributed by atoms with Crippen molar-refractivity contribution >= 4 is 6.09 Å². The molecule has 0 unspecified atom stereocenters. The molecule has 0 aliphatic carbocycles. The number of amides is 1. The van der Waals surface area contributed by atoms with Crippen LogP contribution in [0, 0.1) is 5.82 Å². The van der Waals surface area contributed by atoms with Gasteiger partial charge in [-0.2, -0.15) is 0 Å². The molecule has 1 atom stereocenters. The van der Waals surface area contributed by atoms with Gasteiger partial charge in [0.1, 0.15) is 11.4 Å². The average Bonchev–Trinajstić information content (AvgIpc) is 2.46. The molecule has 0 radical (unpaired) electrons. The summed E-state index contributed by atoms with van der Waals surface area (Å²) in [4.78, 5) is 13.8. The molecule has 0 bridgehead atoms. The monoisotopic (exact) mass is 322 g/mol. The van der Waals surface area contributed by atoms with Crippen LogP contribution >= 0.6 is 0 Å². The highest BCUT2D eigenvalue weighted by Crippen LogP contribution is 2.19. The fourth-order valence-corrected chi connectivity index (χ4v) is 2.76. The number of hydrogen-bond acceptors (Lipinski definition) is 3. The molecule has 1 fully saturated rings. The van der Waals surface area contributed by atoms with E-state index < -0.39 is 5.60 Å². The second kappa shape index (κ2) is 7.30. The summed E-state index contributed by atoms with van der Waals surface area (Å²) in [5, 5.41) is 3.56. The van der Waals surface area contributed by atoms with Crippen molar-refractivity contribution in [3.63, 3.8) is 0 Å². The van der Waals surface area contributed by atoms with E-state index in [1.54, 1.807) is 4.90 Å². The van der Waals surface area contributed by atoms with Crippen molar-refractivity contribution in [2.24, 2.45) is 0 Å². The number of nitrogens with zero attached hydrogens (tertiary/aromatic N) is 1. The minimum atomic E-state index is -0.455. The summed E-state index contributed by atoms with van der Waals surface area (Å²) in [6, 6.07) is 7.10. The van der Waals surface area contributed by atoms with Crippen LogP contribution < -0.4 is 5.32 Å². The second-order valence-corrected chi connectivity index (χ2v) is 7.18. The molecule has 1 aliphatic rings. The predicted molar refractivity (Wildman–Crippen MR) is 88.8 cm³/mol. The van der Waals surface area contributed by atoms with Crippen molar-refractivity contribution < 1.29 is 13.9 Å². The van der Waals surface area contributed by atoms with Gasteiger partial charge in [0.05, 0.1) is 0 Å². The normalized spacial score (nSPS) is 17.9. The zero-order valence-electron chi connectivity index (χ0n) is 14.4. The number of likely N-dealkylation sites (tertiary alicyclic amines) is 1. The number of piperidine rings is 1. The van der Waals surface area contributed by atoms with Crippen LogP contribution in [0.3, 0.4) is 0 Å². The Morgan fingerprint density at radius 1 is 1.26 bits per heavy atom. The first-order chi connectivity index (χ1) is 10.7. The van der Waals surface area contributed by atoms with E-state index >= 15 is 0 Å². The number of rotatable bonds is 3. The van der Waals surface area contributed by atoms with E-state index in [1.165, 1.54) is 12.1 Å². The predicted octanol–water partition coefficient (Wildman–Crippen LogP) is 3.88. The molecule has 0 saturated carbocycles. The zero-order chi connectivity index (χ0) is 17.0. The van der Waals surface area contributed by atoms with Gasteiger partial charge in [0.25, 0.3) is 0 Å². The third-order valence-electron chi connectivity index (χ3n) is 4.00. The standard InChI is InChI=1S/C18H27FN2O2/c1-13(14-5-7-15(19)8-6-14)20-16-9-11-21(12-10-16)17(22)23-18(2,3)4/h5-8,13,16,20H,9-12H2,1-4H3/t13-/m1/s1. The van der Waals surface area contributed by atoms with Crippen molar-refractivity contribution in [2.45, 2.75) is 58.2 Å². The molecule has 2 rings (SSSR count). The van der Waals surface area contributed by atoms with Crippen LogP contribution in [0.4, 0.5) is 9.18 Å². The Bertz CT molecular complexity index is 517. The average molecular weight is 322 g/mol. The maximum Gasteiger partial charge on any atom is 0.410 e. The summed E-state index contributed by atoms with van der Waals surface area (Å²) in [5.41, 5.74) is 0.615. The van der Waals surface area contributed by atoms with E-state index in [0.717, 1.165) is 18.4 Å². The Balaban J connectivity index is 1.80. The van der Waals surface area contributed by atoms with Crippen molar-refractivity contribution in [3.8, 4) is 0 Å². The van der Waals surface area contributed by atoms with Crippen LogP contribution in [0.25, 0.3) is 0 Å². The molecule has 23 heavy (non-hydrogen) atoms. The number of halogens is 1. The van der Waals surface area contributed by atoms with Crippen LogP contribution in [0.15, 0.2) is 24.3 Å². The molecule has 1 aliphatic heterocycles. The first-order valence-electron chi connectivity index (χ1n) is 8.24. The quantitative estimate of drug-likeness (QED) is 0.918. The number of benzene rings is 1. The molecule has 1 amide bonds. The molecule has 1 aromatic carbocycles. The molecule has 1 heterocycles. The lowest BCUT2D eigenvalue weighted by Gasteiger charge is -2.35. The summed E-state index contributed by atoms with van der Waals surface area (Å²) >= 11 is 0.